The van der Waals surface area contributed by atoms with Crippen molar-refractivity contribution in [3.8, 4) is 5.88 Å². The average molecular weight is 376 g/mol. The molecule has 0 spiro atoms. The SMILES string of the molecule is O=C(NCc1cc2n(n1)CCCO2)c1ccc(NC(=O)c2ccccc2)cc1. The number of benzene rings is 2. The van der Waals surface area contributed by atoms with Gasteiger partial charge in [-0.05, 0) is 36.4 Å². The van der Waals surface area contributed by atoms with Gasteiger partial charge in [-0.2, -0.15) is 5.10 Å². The Balaban J connectivity index is 1.33. The molecular weight excluding hydrogens is 356 g/mol. The summed E-state index contributed by atoms with van der Waals surface area (Å²) in [4.78, 5) is 24.5. The van der Waals surface area contributed by atoms with Crippen molar-refractivity contribution in [1.82, 2.24) is 15.1 Å². The van der Waals surface area contributed by atoms with Crippen LogP contribution in [-0.4, -0.2) is 28.2 Å². The molecule has 2 amide bonds. The van der Waals surface area contributed by atoms with Gasteiger partial charge in [-0.3, -0.25) is 9.59 Å². The number of nitrogens with zero attached hydrogens (tertiary/aromatic N) is 2. The molecule has 2 heterocycles. The summed E-state index contributed by atoms with van der Waals surface area (Å²) in [7, 11) is 0. The van der Waals surface area contributed by atoms with E-state index in [1.54, 1.807) is 36.4 Å². The number of amides is 2. The molecule has 2 N–H and O–H groups in total. The van der Waals surface area contributed by atoms with Crippen molar-refractivity contribution in [2.45, 2.75) is 19.5 Å². The fraction of sp³-hybridized carbons (Fsp3) is 0.190. The maximum Gasteiger partial charge on any atom is 0.255 e. The van der Waals surface area contributed by atoms with Gasteiger partial charge in [-0.15, -0.1) is 0 Å². The molecule has 0 aliphatic carbocycles. The van der Waals surface area contributed by atoms with Gasteiger partial charge in [-0.25, -0.2) is 4.68 Å². The Bertz CT molecular complexity index is 957. The van der Waals surface area contributed by atoms with Crippen LogP contribution in [0.15, 0.2) is 60.7 Å². The maximum absolute atomic E-state index is 12.4. The molecule has 7 nitrogen and oxygen atoms in total. The predicted molar refractivity (Wildman–Crippen MR) is 104 cm³/mol. The topological polar surface area (TPSA) is 85.2 Å². The minimum absolute atomic E-state index is 0.191. The monoisotopic (exact) mass is 376 g/mol. The highest BCUT2D eigenvalue weighted by molar-refractivity contribution is 6.04. The van der Waals surface area contributed by atoms with Crippen molar-refractivity contribution in [3.63, 3.8) is 0 Å². The summed E-state index contributed by atoms with van der Waals surface area (Å²) in [5.74, 6) is 0.352. The molecule has 3 aromatic rings. The fourth-order valence-corrected chi connectivity index (χ4v) is 2.97. The van der Waals surface area contributed by atoms with Gasteiger partial charge in [-0.1, -0.05) is 18.2 Å². The Morgan fingerprint density at radius 3 is 2.50 bits per heavy atom. The van der Waals surface area contributed by atoms with Gasteiger partial charge in [0.2, 0.25) is 5.88 Å². The van der Waals surface area contributed by atoms with Crippen molar-refractivity contribution in [2.24, 2.45) is 0 Å². The molecule has 0 radical (unpaired) electrons. The largest absolute Gasteiger partial charge is 0.478 e. The number of carbonyl (C=O) groups excluding carboxylic acids is 2. The minimum Gasteiger partial charge on any atom is -0.478 e. The molecule has 1 aromatic heterocycles. The van der Waals surface area contributed by atoms with E-state index < -0.39 is 0 Å². The van der Waals surface area contributed by atoms with Gasteiger partial charge in [0, 0.05) is 35.8 Å². The summed E-state index contributed by atoms with van der Waals surface area (Å²) < 4.78 is 7.34. The van der Waals surface area contributed by atoms with Gasteiger partial charge in [0.05, 0.1) is 18.8 Å². The number of nitrogens with one attached hydrogen (secondary N) is 2. The number of aryl methyl sites for hydroxylation is 1. The first-order valence-electron chi connectivity index (χ1n) is 9.13. The predicted octanol–water partition coefficient (Wildman–Crippen LogP) is 2.85. The number of carbonyl (C=O) groups is 2. The molecule has 7 heteroatoms. The van der Waals surface area contributed by atoms with Crippen LogP contribution in [0.1, 0.15) is 32.8 Å². The number of rotatable bonds is 5. The van der Waals surface area contributed by atoms with Gasteiger partial charge in [0.15, 0.2) is 0 Å². The highest BCUT2D eigenvalue weighted by atomic mass is 16.5. The molecule has 4 rings (SSSR count). The Hall–Kier alpha value is -3.61. The van der Waals surface area contributed by atoms with Crippen molar-refractivity contribution < 1.29 is 14.3 Å². The third kappa shape index (κ3) is 4.03. The number of aromatic nitrogens is 2. The van der Waals surface area contributed by atoms with Crippen molar-refractivity contribution in [2.75, 3.05) is 11.9 Å². The third-order valence-electron chi connectivity index (χ3n) is 4.43. The Kier molecular flexibility index (Phi) is 5.05. The van der Waals surface area contributed by atoms with Crippen LogP contribution >= 0.6 is 0 Å². The van der Waals surface area contributed by atoms with E-state index >= 15 is 0 Å². The van der Waals surface area contributed by atoms with Crippen molar-refractivity contribution >= 4 is 17.5 Å². The molecule has 28 heavy (non-hydrogen) atoms. The second-order valence-corrected chi connectivity index (χ2v) is 6.48. The molecule has 0 unspecified atom stereocenters. The first kappa shape index (κ1) is 17.8. The van der Waals surface area contributed by atoms with Crippen molar-refractivity contribution in [1.29, 1.82) is 0 Å². The number of anilines is 1. The van der Waals surface area contributed by atoms with Crippen LogP contribution in [0.25, 0.3) is 0 Å². The van der Waals surface area contributed by atoms with E-state index in [4.69, 9.17) is 4.74 Å². The number of hydrogen-bond acceptors (Lipinski definition) is 4. The van der Waals surface area contributed by atoms with Gasteiger partial charge in [0.25, 0.3) is 11.8 Å². The van der Waals surface area contributed by atoms with E-state index in [1.165, 1.54) is 0 Å². The average Bonchev–Trinajstić information content (AvgIpc) is 3.16. The summed E-state index contributed by atoms with van der Waals surface area (Å²) in [6.07, 6.45) is 0.938. The lowest BCUT2D eigenvalue weighted by Crippen LogP contribution is -2.23. The molecular formula is C21H20N4O3. The molecule has 0 bridgehead atoms. The third-order valence-corrected chi connectivity index (χ3v) is 4.43. The highest BCUT2D eigenvalue weighted by Crippen LogP contribution is 2.18. The van der Waals surface area contributed by atoms with Crippen LogP contribution in [0.5, 0.6) is 5.88 Å². The summed E-state index contributed by atoms with van der Waals surface area (Å²) in [6.45, 7) is 1.86. The normalized spacial score (nSPS) is 12.6. The van der Waals surface area contributed by atoms with E-state index in [-0.39, 0.29) is 11.8 Å². The lowest BCUT2D eigenvalue weighted by atomic mass is 10.1. The number of ether oxygens (including phenoxy) is 1. The highest BCUT2D eigenvalue weighted by Gasteiger charge is 2.14. The quantitative estimate of drug-likeness (QED) is 0.717. The summed E-state index contributed by atoms with van der Waals surface area (Å²) in [5, 5.41) is 10.1. The molecule has 0 atom stereocenters. The lowest BCUT2D eigenvalue weighted by Gasteiger charge is -2.13. The first-order chi connectivity index (χ1) is 13.7. The second kappa shape index (κ2) is 7.96. The zero-order valence-electron chi connectivity index (χ0n) is 15.2. The second-order valence-electron chi connectivity index (χ2n) is 6.48. The zero-order valence-corrected chi connectivity index (χ0v) is 15.2. The van der Waals surface area contributed by atoms with Crippen LogP contribution < -0.4 is 15.4 Å². The number of hydrogen-bond donors (Lipinski definition) is 2. The van der Waals surface area contributed by atoms with E-state index in [0.717, 1.165) is 24.5 Å². The molecule has 1 aliphatic rings. The summed E-state index contributed by atoms with van der Waals surface area (Å²) in [6, 6.07) is 17.6. The fourth-order valence-electron chi connectivity index (χ4n) is 2.97. The minimum atomic E-state index is -0.201. The maximum atomic E-state index is 12.4. The molecule has 0 fully saturated rings. The lowest BCUT2D eigenvalue weighted by molar-refractivity contribution is 0.0949. The number of fused-ring (bicyclic) bond motifs is 1. The molecule has 0 saturated heterocycles. The van der Waals surface area contributed by atoms with Gasteiger partial charge in [0.1, 0.15) is 0 Å². The van der Waals surface area contributed by atoms with Crippen LogP contribution in [-0.2, 0) is 13.1 Å². The van der Waals surface area contributed by atoms with Crippen LogP contribution in [0, 0.1) is 0 Å². The smallest absolute Gasteiger partial charge is 0.255 e. The summed E-state index contributed by atoms with van der Waals surface area (Å²) >= 11 is 0. The van der Waals surface area contributed by atoms with Crippen LogP contribution in [0.2, 0.25) is 0 Å². The van der Waals surface area contributed by atoms with Crippen LogP contribution in [0.4, 0.5) is 5.69 Å². The molecule has 142 valence electrons. The Labute approximate surface area is 162 Å². The molecule has 1 aliphatic heterocycles. The van der Waals surface area contributed by atoms with E-state index in [9.17, 15) is 9.59 Å². The first-order valence-corrected chi connectivity index (χ1v) is 9.13. The van der Waals surface area contributed by atoms with E-state index in [2.05, 4.69) is 15.7 Å². The molecule has 2 aromatic carbocycles. The zero-order chi connectivity index (χ0) is 19.3. The van der Waals surface area contributed by atoms with E-state index in [0.29, 0.717) is 30.0 Å². The Morgan fingerprint density at radius 1 is 1.00 bits per heavy atom. The van der Waals surface area contributed by atoms with Crippen LogP contribution in [0.3, 0.4) is 0 Å². The van der Waals surface area contributed by atoms with Gasteiger partial charge < -0.3 is 15.4 Å². The summed E-state index contributed by atoms with van der Waals surface area (Å²) in [5.41, 5.74) is 2.48. The van der Waals surface area contributed by atoms with Gasteiger partial charge >= 0.3 is 0 Å². The van der Waals surface area contributed by atoms with E-state index in [1.807, 2.05) is 28.9 Å². The standard InChI is InChI=1S/C21H20N4O3/c26-20(22-14-18-13-19-25(24-18)11-4-12-28-19)16-7-9-17(10-8-16)23-21(27)15-5-2-1-3-6-15/h1-3,5-10,13H,4,11-12,14H2,(H,22,26)(H,23,27). The molecule has 0 saturated carbocycles. The Morgan fingerprint density at radius 2 is 1.75 bits per heavy atom. The van der Waals surface area contributed by atoms with Crippen molar-refractivity contribution in [3.05, 3.63) is 77.5 Å².